The van der Waals surface area contributed by atoms with Crippen molar-refractivity contribution in [3.63, 3.8) is 0 Å². The maximum atomic E-state index is 9.79. The smallest absolute Gasteiger partial charge is 0.231 e. The van der Waals surface area contributed by atoms with E-state index in [9.17, 15) is 5.11 Å². The summed E-state index contributed by atoms with van der Waals surface area (Å²) in [5, 5.41) is 20.6. The van der Waals surface area contributed by atoms with Crippen LogP contribution >= 0.6 is 0 Å². The van der Waals surface area contributed by atoms with Crippen LogP contribution in [0.3, 0.4) is 0 Å². The van der Waals surface area contributed by atoms with Crippen LogP contribution in [0.2, 0.25) is 0 Å². The summed E-state index contributed by atoms with van der Waals surface area (Å²) >= 11 is 0. The molecule has 6 heteroatoms. The highest BCUT2D eigenvalue weighted by Gasteiger charge is 2.17. The van der Waals surface area contributed by atoms with E-state index in [4.69, 9.17) is 9.47 Å². The molecule has 0 saturated carbocycles. The maximum Gasteiger partial charge on any atom is 0.231 e. The van der Waals surface area contributed by atoms with Crippen molar-refractivity contribution in [3.8, 4) is 22.8 Å². The van der Waals surface area contributed by atoms with Crippen LogP contribution < -0.4 is 14.8 Å². The van der Waals surface area contributed by atoms with E-state index >= 15 is 0 Å². The minimum Gasteiger partial charge on any atom is -0.454 e. The van der Waals surface area contributed by atoms with E-state index in [0.717, 1.165) is 54.1 Å². The second-order valence-electron chi connectivity index (χ2n) is 7.32. The number of nitrogens with zero attached hydrogens (tertiary/aromatic N) is 1. The number of ether oxygens (including phenoxy) is 2. The van der Waals surface area contributed by atoms with Gasteiger partial charge in [0, 0.05) is 23.7 Å². The number of nitrogens with one attached hydrogen (secondary N) is 2. The van der Waals surface area contributed by atoms with Crippen molar-refractivity contribution in [2.45, 2.75) is 58.2 Å². The van der Waals surface area contributed by atoms with Gasteiger partial charge in [0.05, 0.1) is 17.5 Å². The summed E-state index contributed by atoms with van der Waals surface area (Å²) in [7, 11) is 0. The summed E-state index contributed by atoms with van der Waals surface area (Å²) in [4.78, 5) is 0. The molecule has 1 atom stereocenters. The lowest BCUT2D eigenvalue weighted by molar-refractivity contribution is 0.0675. The Bertz CT molecular complexity index is 706. The molecule has 0 radical (unpaired) electrons. The van der Waals surface area contributed by atoms with Gasteiger partial charge in [-0.1, -0.05) is 0 Å². The summed E-state index contributed by atoms with van der Waals surface area (Å²) in [5.74, 6) is 1.55. The van der Waals surface area contributed by atoms with Crippen molar-refractivity contribution < 1.29 is 14.6 Å². The molecule has 0 aliphatic carbocycles. The lowest BCUT2D eigenvalue weighted by Gasteiger charge is -2.19. The largest absolute Gasteiger partial charge is 0.454 e. The van der Waals surface area contributed by atoms with Gasteiger partial charge in [0.15, 0.2) is 11.5 Å². The molecule has 2 heterocycles. The number of hydrogen-bond acceptors (Lipinski definition) is 5. The Kier molecular flexibility index (Phi) is 5.30. The number of fused-ring (bicyclic) bond motifs is 1. The minimum atomic E-state index is -0.587. The standard InChI is InChI=1S/C19H27N3O3/c1-13(5-4-8-19(2,3)23)20-10-15-11-21-22-18(15)14-6-7-16-17(9-14)25-12-24-16/h6-7,9,11,13,20,23H,4-5,8,10,12H2,1-3H3,(H,21,22)/t13-/m1/s1. The molecule has 2 aromatic rings. The summed E-state index contributed by atoms with van der Waals surface area (Å²) in [6, 6.07) is 6.29. The Hall–Kier alpha value is -2.05. The first-order chi connectivity index (χ1) is 11.9. The SMILES string of the molecule is C[C@H](CCCC(C)(C)O)NCc1cn[nH]c1-c1ccc2c(c1)OCO2. The zero-order valence-corrected chi connectivity index (χ0v) is 15.1. The third-order valence-corrected chi connectivity index (χ3v) is 4.45. The van der Waals surface area contributed by atoms with Crippen molar-refractivity contribution in [3.05, 3.63) is 30.0 Å². The normalized spacial score (nSPS) is 14.7. The Morgan fingerprint density at radius 1 is 1.32 bits per heavy atom. The number of rotatable bonds is 8. The minimum absolute atomic E-state index is 0.276. The van der Waals surface area contributed by atoms with Crippen molar-refractivity contribution in [1.82, 2.24) is 15.5 Å². The van der Waals surface area contributed by atoms with E-state index in [1.54, 1.807) is 0 Å². The molecule has 3 rings (SSSR count). The van der Waals surface area contributed by atoms with Gasteiger partial charge >= 0.3 is 0 Å². The van der Waals surface area contributed by atoms with Crippen molar-refractivity contribution >= 4 is 0 Å². The second kappa shape index (κ2) is 7.45. The molecule has 136 valence electrons. The summed E-state index contributed by atoms with van der Waals surface area (Å²) in [6.07, 6.45) is 4.70. The first kappa shape index (κ1) is 17.8. The average Bonchev–Trinajstić information content (AvgIpc) is 3.19. The molecule has 1 aliphatic heterocycles. The van der Waals surface area contributed by atoms with Gasteiger partial charge in [-0.05, 0) is 58.2 Å². The van der Waals surface area contributed by atoms with Crippen LogP contribution in [0.1, 0.15) is 45.6 Å². The fraction of sp³-hybridized carbons (Fsp3) is 0.526. The van der Waals surface area contributed by atoms with E-state index in [-0.39, 0.29) is 6.79 Å². The lowest BCUT2D eigenvalue weighted by atomic mass is 9.99. The van der Waals surface area contributed by atoms with Gasteiger partial charge in [0.2, 0.25) is 6.79 Å². The van der Waals surface area contributed by atoms with Crippen molar-refractivity contribution in [2.24, 2.45) is 0 Å². The second-order valence-corrected chi connectivity index (χ2v) is 7.32. The molecule has 0 spiro atoms. The van der Waals surface area contributed by atoms with Gasteiger partial charge in [-0.2, -0.15) is 5.10 Å². The molecular formula is C19H27N3O3. The highest BCUT2D eigenvalue weighted by molar-refractivity contribution is 5.66. The topological polar surface area (TPSA) is 79.4 Å². The molecule has 6 nitrogen and oxygen atoms in total. The maximum absolute atomic E-state index is 9.79. The Balaban J connectivity index is 1.57. The van der Waals surface area contributed by atoms with Crippen LogP contribution in [-0.4, -0.2) is 33.7 Å². The zero-order valence-electron chi connectivity index (χ0n) is 15.1. The molecule has 1 aliphatic rings. The van der Waals surface area contributed by atoms with Gasteiger partial charge < -0.3 is 19.9 Å². The lowest BCUT2D eigenvalue weighted by Crippen LogP contribution is -2.26. The highest BCUT2D eigenvalue weighted by Crippen LogP contribution is 2.36. The number of aromatic amines is 1. The average molecular weight is 345 g/mol. The molecular weight excluding hydrogens is 318 g/mol. The molecule has 0 bridgehead atoms. The van der Waals surface area contributed by atoms with Gasteiger partial charge in [0.25, 0.3) is 0 Å². The molecule has 25 heavy (non-hydrogen) atoms. The zero-order chi connectivity index (χ0) is 17.9. The molecule has 0 unspecified atom stereocenters. The van der Waals surface area contributed by atoms with E-state index < -0.39 is 5.60 Å². The number of aliphatic hydroxyl groups is 1. The van der Waals surface area contributed by atoms with E-state index in [0.29, 0.717) is 6.04 Å². The Morgan fingerprint density at radius 3 is 2.92 bits per heavy atom. The van der Waals surface area contributed by atoms with E-state index in [1.807, 2.05) is 38.2 Å². The monoisotopic (exact) mass is 345 g/mol. The van der Waals surface area contributed by atoms with E-state index in [2.05, 4.69) is 22.4 Å². The third-order valence-electron chi connectivity index (χ3n) is 4.45. The van der Waals surface area contributed by atoms with Crippen molar-refractivity contribution in [1.29, 1.82) is 0 Å². The number of H-pyrrole nitrogens is 1. The number of benzene rings is 1. The van der Waals surface area contributed by atoms with Gasteiger partial charge in [-0.3, -0.25) is 5.10 Å². The van der Waals surface area contributed by atoms with Crippen LogP contribution in [0, 0.1) is 0 Å². The van der Waals surface area contributed by atoms with Crippen LogP contribution in [0.15, 0.2) is 24.4 Å². The predicted octanol–water partition coefficient (Wildman–Crippen LogP) is 3.22. The van der Waals surface area contributed by atoms with Gasteiger partial charge in [0.1, 0.15) is 0 Å². The molecule has 3 N–H and O–H groups in total. The Morgan fingerprint density at radius 2 is 2.12 bits per heavy atom. The predicted molar refractivity (Wildman–Crippen MR) is 96.6 cm³/mol. The third kappa shape index (κ3) is 4.74. The van der Waals surface area contributed by atoms with Gasteiger partial charge in [-0.15, -0.1) is 0 Å². The molecule has 1 aromatic carbocycles. The number of hydrogen-bond donors (Lipinski definition) is 3. The van der Waals surface area contributed by atoms with Crippen LogP contribution in [-0.2, 0) is 6.54 Å². The molecule has 0 amide bonds. The first-order valence-electron chi connectivity index (χ1n) is 8.80. The summed E-state index contributed by atoms with van der Waals surface area (Å²) in [5.41, 5.74) is 2.56. The van der Waals surface area contributed by atoms with Gasteiger partial charge in [-0.25, -0.2) is 0 Å². The van der Waals surface area contributed by atoms with Crippen molar-refractivity contribution in [2.75, 3.05) is 6.79 Å². The van der Waals surface area contributed by atoms with E-state index in [1.165, 1.54) is 0 Å². The fourth-order valence-electron chi connectivity index (χ4n) is 2.97. The fourth-order valence-corrected chi connectivity index (χ4v) is 2.97. The number of aromatic nitrogens is 2. The van der Waals surface area contributed by atoms with Crippen LogP contribution in [0.4, 0.5) is 0 Å². The first-order valence-corrected chi connectivity index (χ1v) is 8.80. The summed E-state index contributed by atoms with van der Waals surface area (Å²) in [6.45, 7) is 6.90. The Labute approximate surface area is 148 Å². The van der Waals surface area contributed by atoms with Crippen LogP contribution in [0.25, 0.3) is 11.3 Å². The summed E-state index contributed by atoms with van der Waals surface area (Å²) < 4.78 is 10.8. The highest BCUT2D eigenvalue weighted by atomic mass is 16.7. The molecule has 0 saturated heterocycles. The molecule has 1 aromatic heterocycles. The van der Waals surface area contributed by atoms with Crippen LogP contribution in [0.5, 0.6) is 11.5 Å². The quantitative estimate of drug-likeness (QED) is 0.684. The molecule has 0 fully saturated rings.